The summed E-state index contributed by atoms with van der Waals surface area (Å²) in [5.41, 5.74) is 9.90. The van der Waals surface area contributed by atoms with Crippen LogP contribution in [0.3, 0.4) is 0 Å². The lowest BCUT2D eigenvalue weighted by molar-refractivity contribution is 0.747. The Kier molecular flexibility index (Phi) is 2.17. The first-order valence-corrected chi connectivity index (χ1v) is 5.93. The summed E-state index contributed by atoms with van der Waals surface area (Å²) in [4.78, 5) is 2.55. The fraction of sp³-hybridized carbons (Fsp3) is 0.538. The van der Waals surface area contributed by atoms with E-state index >= 15 is 0 Å². The zero-order valence-corrected chi connectivity index (χ0v) is 9.08. The molecule has 0 unspecified atom stereocenters. The van der Waals surface area contributed by atoms with E-state index in [0.29, 0.717) is 6.54 Å². The molecule has 0 saturated heterocycles. The maximum atomic E-state index is 5.68. The summed E-state index contributed by atoms with van der Waals surface area (Å²) < 4.78 is 0. The highest BCUT2D eigenvalue weighted by atomic mass is 15.2. The third kappa shape index (κ3) is 1.74. The summed E-state index contributed by atoms with van der Waals surface area (Å²) in [7, 11) is 0. The molecule has 1 aliphatic carbocycles. The van der Waals surface area contributed by atoms with Gasteiger partial charge in [-0.3, -0.25) is 0 Å². The van der Waals surface area contributed by atoms with Crippen molar-refractivity contribution in [3.05, 3.63) is 29.3 Å². The Morgan fingerprint density at radius 3 is 2.93 bits per heavy atom. The number of nitrogens with two attached hydrogens (primary N) is 1. The summed E-state index contributed by atoms with van der Waals surface area (Å²) in [6, 6.07) is 6.70. The number of fused-ring (bicyclic) bond motifs is 1. The van der Waals surface area contributed by atoms with Gasteiger partial charge >= 0.3 is 0 Å². The molecule has 3 rings (SSSR count). The van der Waals surface area contributed by atoms with Gasteiger partial charge in [-0.1, -0.05) is 12.1 Å². The van der Waals surface area contributed by atoms with Crippen LogP contribution in [0.2, 0.25) is 0 Å². The van der Waals surface area contributed by atoms with E-state index in [4.69, 9.17) is 5.73 Å². The van der Waals surface area contributed by atoms with Crippen molar-refractivity contribution in [3.63, 3.8) is 0 Å². The van der Waals surface area contributed by atoms with Crippen molar-refractivity contribution < 1.29 is 0 Å². The van der Waals surface area contributed by atoms with Crippen LogP contribution in [0.25, 0.3) is 0 Å². The summed E-state index contributed by atoms with van der Waals surface area (Å²) in [6.45, 7) is 3.13. The molecule has 1 saturated carbocycles. The molecule has 1 aromatic carbocycles. The number of hydrogen-bond donors (Lipinski definition) is 1. The Morgan fingerprint density at radius 2 is 2.20 bits per heavy atom. The average molecular weight is 202 g/mol. The van der Waals surface area contributed by atoms with E-state index in [1.54, 1.807) is 0 Å². The molecule has 2 heteroatoms. The van der Waals surface area contributed by atoms with E-state index < -0.39 is 0 Å². The van der Waals surface area contributed by atoms with Crippen LogP contribution in [0.4, 0.5) is 5.69 Å². The van der Waals surface area contributed by atoms with Gasteiger partial charge in [-0.25, -0.2) is 0 Å². The molecule has 0 spiro atoms. The minimum atomic E-state index is 0.657. The van der Waals surface area contributed by atoms with Gasteiger partial charge in [-0.05, 0) is 42.4 Å². The molecule has 0 amide bonds. The predicted octanol–water partition coefficient (Wildman–Crippen LogP) is 1.92. The minimum absolute atomic E-state index is 0.657. The van der Waals surface area contributed by atoms with Gasteiger partial charge in [-0.15, -0.1) is 0 Å². The molecule has 0 bridgehead atoms. The second kappa shape index (κ2) is 3.53. The molecule has 0 aromatic heterocycles. The zero-order valence-electron chi connectivity index (χ0n) is 9.08. The SMILES string of the molecule is NCc1ccc2c(c1)N(CC1CC1)CC2. The number of benzene rings is 1. The topological polar surface area (TPSA) is 29.3 Å². The summed E-state index contributed by atoms with van der Waals surface area (Å²) in [5.74, 6) is 0.970. The highest BCUT2D eigenvalue weighted by molar-refractivity contribution is 5.59. The van der Waals surface area contributed by atoms with Gasteiger partial charge in [0.25, 0.3) is 0 Å². The van der Waals surface area contributed by atoms with Crippen molar-refractivity contribution in [3.8, 4) is 0 Å². The van der Waals surface area contributed by atoms with Gasteiger partial charge in [0.15, 0.2) is 0 Å². The largest absolute Gasteiger partial charge is 0.371 e. The summed E-state index contributed by atoms with van der Waals surface area (Å²) in [6.07, 6.45) is 4.08. The molecule has 80 valence electrons. The normalized spacial score (nSPS) is 19.4. The van der Waals surface area contributed by atoms with Gasteiger partial charge < -0.3 is 10.6 Å². The van der Waals surface area contributed by atoms with Gasteiger partial charge in [0.05, 0.1) is 0 Å². The zero-order chi connectivity index (χ0) is 10.3. The number of hydrogen-bond acceptors (Lipinski definition) is 2. The Bertz CT molecular complexity index is 369. The Hall–Kier alpha value is -1.02. The van der Waals surface area contributed by atoms with E-state index in [1.165, 1.54) is 49.2 Å². The second-order valence-electron chi connectivity index (χ2n) is 4.81. The molecule has 2 nitrogen and oxygen atoms in total. The minimum Gasteiger partial charge on any atom is -0.371 e. The van der Waals surface area contributed by atoms with Crippen LogP contribution in [0.5, 0.6) is 0 Å². The highest BCUT2D eigenvalue weighted by Crippen LogP contribution is 2.35. The second-order valence-corrected chi connectivity index (χ2v) is 4.81. The number of nitrogens with zero attached hydrogens (tertiary/aromatic N) is 1. The van der Waals surface area contributed by atoms with Crippen molar-refractivity contribution in [2.45, 2.75) is 25.8 Å². The first kappa shape index (κ1) is 9.22. The van der Waals surface area contributed by atoms with E-state index in [-0.39, 0.29) is 0 Å². The smallest absolute Gasteiger partial charge is 0.0402 e. The summed E-state index contributed by atoms with van der Waals surface area (Å²) in [5, 5.41) is 0. The Morgan fingerprint density at radius 1 is 1.33 bits per heavy atom. The van der Waals surface area contributed by atoms with Crippen molar-refractivity contribution in [2.24, 2.45) is 11.7 Å². The monoisotopic (exact) mass is 202 g/mol. The average Bonchev–Trinajstić information content (AvgIpc) is 3.00. The van der Waals surface area contributed by atoms with Crippen molar-refractivity contribution >= 4 is 5.69 Å². The van der Waals surface area contributed by atoms with Gasteiger partial charge in [-0.2, -0.15) is 0 Å². The van der Waals surface area contributed by atoms with Crippen LogP contribution >= 0.6 is 0 Å². The molecule has 1 aliphatic heterocycles. The van der Waals surface area contributed by atoms with Crippen LogP contribution in [0.15, 0.2) is 18.2 Å². The molecule has 1 heterocycles. The van der Waals surface area contributed by atoms with Gasteiger partial charge in [0.2, 0.25) is 0 Å². The molecule has 0 atom stereocenters. The van der Waals surface area contributed by atoms with E-state index in [0.717, 1.165) is 5.92 Å². The first-order chi connectivity index (χ1) is 7.36. The van der Waals surface area contributed by atoms with Crippen molar-refractivity contribution in [2.75, 3.05) is 18.0 Å². The van der Waals surface area contributed by atoms with Gasteiger partial charge in [0, 0.05) is 25.3 Å². The van der Waals surface area contributed by atoms with E-state index in [9.17, 15) is 0 Å². The van der Waals surface area contributed by atoms with Crippen LogP contribution < -0.4 is 10.6 Å². The standard InChI is InChI=1S/C13H18N2/c14-8-11-3-4-12-5-6-15(13(12)7-11)9-10-1-2-10/h3-4,7,10H,1-2,5-6,8-9,14H2. The van der Waals surface area contributed by atoms with E-state index in [1.807, 2.05) is 0 Å². The molecular formula is C13H18N2. The first-order valence-electron chi connectivity index (χ1n) is 5.93. The van der Waals surface area contributed by atoms with Crippen LogP contribution in [-0.4, -0.2) is 13.1 Å². The van der Waals surface area contributed by atoms with E-state index in [2.05, 4.69) is 23.1 Å². The lowest BCUT2D eigenvalue weighted by atomic mass is 10.1. The number of anilines is 1. The molecular weight excluding hydrogens is 184 g/mol. The molecule has 0 radical (unpaired) electrons. The van der Waals surface area contributed by atoms with Crippen molar-refractivity contribution in [1.82, 2.24) is 0 Å². The highest BCUT2D eigenvalue weighted by Gasteiger charge is 2.27. The molecule has 2 aliphatic rings. The summed E-state index contributed by atoms with van der Waals surface area (Å²) >= 11 is 0. The third-order valence-electron chi connectivity index (χ3n) is 3.55. The Labute approximate surface area is 91.1 Å². The quantitative estimate of drug-likeness (QED) is 0.811. The maximum Gasteiger partial charge on any atom is 0.0402 e. The molecule has 1 aromatic rings. The van der Waals surface area contributed by atoms with Crippen LogP contribution in [0.1, 0.15) is 24.0 Å². The van der Waals surface area contributed by atoms with Crippen molar-refractivity contribution in [1.29, 1.82) is 0 Å². The Balaban J connectivity index is 1.85. The lowest BCUT2D eigenvalue weighted by Crippen LogP contribution is -2.23. The third-order valence-corrected chi connectivity index (χ3v) is 3.55. The number of rotatable bonds is 3. The lowest BCUT2D eigenvalue weighted by Gasteiger charge is -2.19. The molecule has 2 N–H and O–H groups in total. The van der Waals surface area contributed by atoms with Gasteiger partial charge in [0.1, 0.15) is 0 Å². The maximum absolute atomic E-state index is 5.68. The molecule has 1 fully saturated rings. The van der Waals surface area contributed by atoms with Crippen LogP contribution in [0, 0.1) is 5.92 Å². The predicted molar refractivity (Wildman–Crippen MR) is 63.0 cm³/mol. The fourth-order valence-electron chi connectivity index (χ4n) is 2.42. The molecule has 15 heavy (non-hydrogen) atoms. The fourth-order valence-corrected chi connectivity index (χ4v) is 2.42. The van der Waals surface area contributed by atoms with Crippen LogP contribution in [-0.2, 0) is 13.0 Å².